The van der Waals surface area contributed by atoms with Gasteiger partial charge in [0.15, 0.2) is 5.58 Å². The van der Waals surface area contributed by atoms with Crippen LogP contribution >= 0.6 is 27.5 Å². The number of nitrogens with zero attached hydrogens (tertiary/aromatic N) is 2. The molecule has 84 valence electrons. The second-order valence-corrected chi connectivity index (χ2v) is 4.76. The first-order valence-electron chi connectivity index (χ1n) is 4.91. The summed E-state index contributed by atoms with van der Waals surface area (Å²) in [6.45, 7) is 0. The predicted molar refractivity (Wildman–Crippen MR) is 70.0 cm³/mol. The highest BCUT2D eigenvalue weighted by atomic mass is 79.9. The van der Waals surface area contributed by atoms with Gasteiger partial charge in [0, 0.05) is 11.2 Å². The van der Waals surface area contributed by atoms with E-state index in [4.69, 9.17) is 16.0 Å². The van der Waals surface area contributed by atoms with Gasteiger partial charge in [-0.1, -0.05) is 17.7 Å². The van der Waals surface area contributed by atoms with Crippen molar-refractivity contribution in [3.63, 3.8) is 0 Å². The minimum absolute atomic E-state index is 0.489. The van der Waals surface area contributed by atoms with Crippen molar-refractivity contribution in [2.75, 3.05) is 0 Å². The van der Waals surface area contributed by atoms with E-state index in [1.807, 2.05) is 18.2 Å². The number of hydrogen-bond acceptors (Lipinski definition) is 3. The van der Waals surface area contributed by atoms with Crippen molar-refractivity contribution in [2.45, 2.75) is 0 Å². The van der Waals surface area contributed by atoms with Crippen LogP contribution in [0.3, 0.4) is 0 Å². The summed E-state index contributed by atoms with van der Waals surface area (Å²) in [5, 5.41) is 0.616. The van der Waals surface area contributed by atoms with Crippen LogP contribution in [0, 0.1) is 0 Å². The number of aromatic nitrogens is 2. The summed E-state index contributed by atoms with van der Waals surface area (Å²) in [5.74, 6) is 0.489. The molecular weight excluding hydrogens is 304 g/mol. The summed E-state index contributed by atoms with van der Waals surface area (Å²) < 4.78 is 6.45. The van der Waals surface area contributed by atoms with Gasteiger partial charge in [0.1, 0.15) is 11.2 Å². The first-order valence-corrected chi connectivity index (χ1v) is 6.08. The highest BCUT2D eigenvalue weighted by molar-refractivity contribution is 9.10. The number of halogens is 2. The van der Waals surface area contributed by atoms with Crippen LogP contribution in [0.4, 0.5) is 0 Å². The Morgan fingerprint density at radius 2 is 2.12 bits per heavy atom. The second kappa shape index (κ2) is 4.13. The quantitative estimate of drug-likeness (QED) is 0.672. The maximum Gasteiger partial charge on any atom is 0.246 e. The van der Waals surface area contributed by atoms with Crippen molar-refractivity contribution >= 4 is 38.6 Å². The van der Waals surface area contributed by atoms with Gasteiger partial charge in [-0.05, 0) is 40.2 Å². The third-order valence-corrected chi connectivity index (χ3v) is 3.10. The second-order valence-electron chi connectivity index (χ2n) is 3.47. The van der Waals surface area contributed by atoms with E-state index in [0.717, 1.165) is 4.47 Å². The van der Waals surface area contributed by atoms with E-state index < -0.39 is 0 Å². The number of hydrogen-bond donors (Lipinski definition) is 0. The normalized spacial score (nSPS) is 10.9. The van der Waals surface area contributed by atoms with Crippen LogP contribution in [0.15, 0.2) is 45.4 Å². The lowest BCUT2D eigenvalue weighted by atomic mass is 10.3. The Kier molecular flexibility index (Phi) is 2.61. The van der Waals surface area contributed by atoms with Crippen LogP contribution in [-0.4, -0.2) is 9.97 Å². The zero-order valence-electron chi connectivity index (χ0n) is 8.52. The largest absolute Gasteiger partial charge is 0.433 e. The molecule has 2 heterocycles. The lowest BCUT2D eigenvalue weighted by molar-refractivity contribution is 0.615. The van der Waals surface area contributed by atoms with Crippen molar-refractivity contribution in [1.29, 1.82) is 0 Å². The van der Waals surface area contributed by atoms with Crippen molar-refractivity contribution in [3.05, 3.63) is 46.0 Å². The Bertz CT molecular complexity index is 682. The minimum Gasteiger partial charge on any atom is -0.433 e. The topological polar surface area (TPSA) is 38.9 Å². The maximum atomic E-state index is 5.95. The van der Waals surface area contributed by atoms with Gasteiger partial charge in [-0.2, -0.15) is 0 Å². The van der Waals surface area contributed by atoms with Crippen molar-refractivity contribution in [2.24, 2.45) is 0 Å². The predicted octanol–water partition coefficient (Wildman–Crippen LogP) is 4.31. The smallest absolute Gasteiger partial charge is 0.246 e. The average molecular weight is 310 g/mol. The third-order valence-electron chi connectivity index (χ3n) is 2.29. The molecule has 0 aliphatic rings. The highest BCUT2D eigenvalue weighted by Gasteiger charge is 2.12. The maximum absolute atomic E-state index is 5.95. The van der Waals surface area contributed by atoms with Crippen LogP contribution in [0.1, 0.15) is 0 Å². The Morgan fingerprint density at radius 1 is 1.24 bits per heavy atom. The van der Waals surface area contributed by atoms with Gasteiger partial charge in [0.05, 0.1) is 4.47 Å². The standard InChI is InChI=1S/C12H6BrClN2O/c13-8-5-7(14)6-10-11(8)17-12(16-10)9-3-1-2-4-15-9/h1-6H. The van der Waals surface area contributed by atoms with E-state index in [1.54, 1.807) is 18.3 Å². The van der Waals surface area contributed by atoms with Gasteiger partial charge in [-0.25, -0.2) is 4.98 Å². The monoisotopic (exact) mass is 308 g/mol. The first-order chi connectivity index (χ1) is 8.24. The molecule has 0 N–H and O–H groups in total. The van der Waals surface area contributed by atoms with Gasteiger partial charge in [-0.3, -0.25) is 4.98 Å². The summed E-state index contributed by atoms with van der Waals surface area (Å²) >= 11 is 9.35. The van der Waals surface area contributed by atoms with Crippen LogP contribution in [0.25, 0.3) is 22.7 Å². The SMILES string of the molecule is Clc1cc(Br)c2oc(-c3ccccn3)nc2c1. The summed E-state index contributed by atoms with van der Waals surface area (Å²) in [6, 6.07) is 9.12. The lowest BCUT2D eigenvalue weighted by Gasteiger charge is -1.92. The summed E-state index contributed by atoms with van der Waals surface area (Å²) in [6.07, 6.45) is 1.70. The van der Waals surface area contributed by atoms with Gasteiger partial charge in [0.25, 0.3) is 0 Å². The van der Waals surface area contributed by atoms with Crippen molar-refractivity contribution in [3.8, 4) is 11.6 Å². The molecule has 0 fully saturated rings. The fourth-order valence-electron chi connectivity index (χ4n) is 1.56. The van der Waals surface area contributed by atoms with E-state index in [9.17, 15) is 0 Å². The van der Waals surface area contributed by atoms with E-state index in [2.05, 4.69) is 25.9 Å². The van der Waals surface area contributed by atoms with E-state index in [-0.39, 0.29) is 0 Å². The molecule has 2 aromatic heterocycles. The van der Waals surface area contributed by atoms with E-state index >= 15 is 0 Å². The Hall–Kier alpha value is -1.39. The van der Waals surface area contributed by atoms with Crippen molar-refractivity contribution < 1.29 is 4.42 Å². The molecule has 1 aromatic carbocycles. The molecule has 3 aromatic rings. The zero-order valence-corrected chi connectivity index (χ0v) is 10.9. The van der Waals surface area contributed by atoms with Gasteiger partial charge >= 0.3 is 0 Å². The van der Waals surface area contributed by atoms with Crippen molar-refractivity contribution in [1.82, 2.24) is 9.97 Å². The van der Waals surface area contributed by atoms with E-state index in [1.165, 1.54) is 0 Å². The molecule has 0 atom stereocenters. The molecule has 0 aliphatic carbocycles. The Balaban J connectivity index is 2.24. The van der Waals surface area contributed by atoms with Crippen LogP contribution in [-0.2, 0) is 0 Å². The highest BCUT2D eigenvalue weighted by Crippen LogP contribution is 2.31. The number of rotatable bonds is 1. The van der Waals surface area contributed by atoms with Crippen LogP contribution in [0.2, 0.25) is 5.02 Å². The number of fused-ring (bicyclic) bond motifs is 1. The molecule has 17 heavy (non-hydrogen) atoms. The molecule has 0 saturated heterocycles. The molecule has 0 bridgehead atoms. The lowest BCUT2D eigenvalue weighted by Crippen LogP contribution is -1.80. The molecule has 0 spiro atoms. The van der Waals surface area contributed by atoms with E-state index in [0.29, 0.717) is 27.7 Å². The Morgan fingerprint density at radius 3 is 2.88 bits per heavy atom. The molecule has 0 amide bonds. The fraction of sp³-hybridized carbons (Fsp3) is 0. The molecule has 0 aliphatic heterocycles. The van der Waals surface area contributed by atoms with Gasteiger partial charge in [-0.15, -0.1) is 0 Å². The summed E-state index contributed by atoms with van der Waals surface area (Å²) in [4.78, 5) is 8.55. The first kappa shape index (κ1) is 10.7. The van der Waals surface area contributed by atoms with Gasteiger partial charge < -0.3 is 4.42 Å². The third kappa shape index (κ3) is 1.94. The Labute approximate surface area is 111 Å². The molecular formula is C12H6BrClN2O. The zero-order chi connectivity index (χ0) is 11.8. The summed E-state index contributed by atoms with van der Waals surface area (Å²) in [5.41, 5.74) is 2.09. The van der Waals surface area contributed by atoms with Crippen LogP contribution < -0.4 is 0 Å². The summed E-state index contributed by atoms with van der Waals surface area (Å²) in [7, 11) is 0. The number of oxazole rings is 1. The number of pyridine rings is 1. The molecule has 5 heteroatoms. The molecule has 3 rings (SSSR count). The number of benzene rings is 1. The molecule has 0 radical (unpaired) electrons. The molecule has 3 nitrogen and oxygen atoms in total. The molecule has 0 unspecified atom stereocenters. The minimum atomic E-state index is 0.489. The van der Waals surface area contributed by atoms with Crippen LogP contribution in [0.5, 0.6) is 0 Å². The van der Waals surface area contributed by atoms with Gasteiger partial charge in [0.2, 0.25) is 5.89 Å². The molecule has 0 saturated carbocycles. The average Bonchev–Trinajstić information content (AvgIpc) is 2.74. The fourth-order valence-corrected chi connectivity index (χ4v) is 2.43.